The summed E-state index contributed by atoms with van der Waals surface area (Å²) in [5, 5.41) is 2.99. The molecule has 0 saturated carbocycles. The Bertz CT molecular complexity index is 287. The number of hydrogen-bond acceptors (Lipinski definition) is 2. The molecule has 0 aliphatic carbocycles. The highest BCUT2D eigenvalue weighted by Gasteiger charge is 2.11. The molecule has 0 radical (unpaired) electrons. The van der Waals surface area contributed by atoms with Gasteiger partial charge in [-0.05, 0) is 24.3 Å². The Hall–Kier alpha value is -0.350. The van der Waals surface area contributed by atoms with Crippen LogP contribution in [0.3, 0.4) is 0 Å². The van der Waals surface area contributed by atoms with E-state index in [0.717, 1.165) is 23.2 Å². The minimum absolute atomic E-state index is 0.142. The van der Waals surface area contributed by atoms with Gasteiger partial charge in [0, 0.05) is 18.9 Å². The second-order valence-corrected chi connectivity index (χ2v) is 5.19. The summed E-state index contributed by atoms with van der Waals surface area (Å²) in [5.41, 5.74) is 0. The highest BCUT2D eigenvalue weighted by molar-refractivity contribution is 9.09. The zero-order valence-corrected chi connectivity index (χ0v) is 11.3. The Morgan fingerprint density at radius 3 is 2.87 bits per heavy atom. The van der Waals surface area contributed by atoms with Gasteiger partial charge in [-0.15, -0.1) is 11.3 Å². The van der Waals surface area contributed by atoms with Crippen LogP contribution in [0.4, 0.5) is 0 Å². The van der Waals surface area contributed by atoms with Gasteiger partial charge in [-0.25, -0.2) is 0 Å². The number of unbranched alkanes of at least 4 members (excludes halogenated alkanes) is 2. The van der Waals surface area contributed by atoms with Gasteiger partial charge in [-0.1, -0.05) is 28.4 Å². The van der Waals surface area contributed by atoms with Crippen molar-refractivity contribution in [1.29, 1.82) is 0 Å². The average Bonchev–Trinajstić information content (AvgIpc) is 2.76. The summed E-state index contributed by atoms with van der Waals surface area (Å²) >= 11 is 4.90. The first-order valence-corrected chi connectivity index (χ1v) is 7.10. The van der Waals surface area contributed by atoms with Crippen LogP contribution in [-0.2, 0) is 0 Å². The molecule has 1 aromatic rings. The quantitative estimate of drug-likeness (QED) is 0.581. The number of amides is 1. The summed E-state index contributed by atoms with van der Waals surface area (Å²) in [6.45, 7) is 0.851. The van der Waals surface area contributed by atoms with Crippen LogP contribution in [0.25, 0.3) is 0 Å². The van der Waals surface area contributed by atoms with Gasteiger partial charge in [0.1, 0.15) is 0 Å². The van der Waals surface area contributed by atoms with Gasteiger partial charge in [0.2, 0.25) is 0 Å². The topological polar surface area (TPSA) is 20.3 Å². The maximum atomic E-state index is 11.8. The van der Waals surface area contributed by atoms with Crippen LogP contribution in [0.1, 0.15) is 28.9 Å². The zero-order chi connectivity index (χ0) is 11.1. The summed E-state index contributed by atoms with van der Waals surface area (Å²) in [5.74, 6) is 0.142. The fourth-order valence-corrected chi connectivity index (χ4v) is 2.42. The second kappa shape index (κ2) is 7.01. The summed E-state index contributed by atoms with van der Waals surface area (Å²) < 4.78 is 0. The number of thiophene rings is 1. The monoisotopic (exact) mass is 289 g/mol. The van der Waals surface area contributed by atoms with Crippen LogP contribution >= 0.6 is 27.3 Å². The Balaban J connectivity index is 2.28. The predicted molar refractivity (Wildman–Crippen MR) is 68.9 cm³/mol. The summed E-state index contributed by atoms with van der Waals surface area (Å²) in [6, 6.07) is 3.79. The third-order valence-corrected chi connectivity index (χ3v) is 3.62. The lowest BCUT2D eigenvalue weighted by Crippen LogP contribution is -2.26. The molecular formula is C11H16BrNOS. The van der Waals surface area contributed by atoms with Crippen molar-refractivity contribution in [3.63, 3.8) is 0 Å². The number of carbonyl (C=O) groups excluding carboxylic acids is 1. The minimum Gasteiger partial charge on any atom is -0.341 e. The second-order valence-electron chi connectivity index (χ2n) is 3.45. The van der Waals surface area contributed by atoms with Crippen LogP contribution in [0.2, 0.25) is 0 Å². The van der Waals surface area contributed by atoms with Crippen molar-refractivity contribution in [3.05, 3.63) is 22.4 Å². The van der Waals surface area contributed by atoms with Gasteiger partial charge in [-0.2, -0.15) is 0 Å². The standard InChI is InChI=1S/C11H16BrNOS/c1-13(8-4-2-3-7-12)11(14)10-6-5-9-15-10/h5-6,9H,2-4,7-8H2,1H3. The largest absolute Gasteiger partial charge is 0.341 e. The lowest BCUT2D eigenvalue weighted by Gasteiger charge is -2.15. The van der Waals surface area contributed by atoms with E-state index in [1.54, 1.807) is 4.90 Å². The molecule has 0 N–H and O–H groups in total. The molecule has 84 valence electrons. The van der Waals surface area contributed by atoms with Crippen LogP contribution < -0.4 is 0 Å². The molecule has 0 aromatic carbocycles. The van der Waals surface area contributed by atoms with E-state index in [-0.39, 0.29) is 5.91 Å². The lowest BCUT2D eigenvalue weighted by atomic mass is 10.2. The van der Waals surface area contributed by atoms with Crippen LogP contribution in [-0.4, -0.2) is 29.7 Å². The van der Waals surface area contributed by atoms with Crippen LogP contribution in [0, 0.1) is 0 Å². The van der Waals surface area contributed by atoms with Crippen molar-refractivity contribution >= 4 is 33.2 Å². The molecule has 0 aliphatic rings. The summed E-state index contributed by atoms with van der Waals surface area (Å²) in [6.07, 6.45) is 3.44. The number of carbonyl (C=O) groups is 1. The lowest BCUT2D eigenvalue weighted by molar-refractivity contribution is 0.0797. The highest BCUT2D eigenvalue weighted by atomic mass is 79.9. The first kappa shape index (κ1) is 12.7. The molecule has 4 heteroatoms. The molecule has 0 fully saturated rings. The molecule has 1 aromatic heterocycles. The molecular weight excluding hydrogens is 274 g/mol. The zero-order valence-electron chi connectivity index (χ0n) is 8.91. The highest BCUT2D eigenvalue weighted by Crippen LogP contribution is 2.11. The fourth-order valence-electron chi connectivity index (χ4n) is 1.31. The van der Waals surface area contributed by atoms with Crippen molar-refractivity contribution in [2.45, 2.75) is 19.3 Å². The van der Waals surface area contributed by atoms with Crippen molar-refractivity contribution in [3.8, 4) is 0 Å². The first-order chi connectivity index (χ1) is 7.25. The van der Waals surface area contributed by atoms with Crippen molar-refractivity contribution in [1.82, 2.24) is 4.90 Å². The van der Waals surface area contributed by atoms with E-state index >= 15 is 0 Å². The molecule has 1 amide bonds. The SMILES string of the molecule is CN(CCCCCBr)C(=O)c1cccs1. The van der Waals surface area contributed by atoms with Gasteiger partial charge >= 0.3 is 0 Å². The normalized spacial score (nSPS) is 10.3. The Morgan fingerprint density at radius 1 is 1.47 bits per heavy atom. The van der Waals surface area contributed by atoms with Gasteiger partial charge in [0.15, 0.2) is 0 Å². The fraction of sp³-hybridized carbons (Fsp3) is 0.545. The van der Waals surface area contributed by atoms with E-state index in [1.165, 1.54) is 24.2 Å². The Labute approximate surface area is 103 Å². The molecule has 0 saturated heterocycles. The molecule has 1 heterocycles. The third kappa shape index (κ3) is 4.34. The minimum atomic E-state index is 0.142. The van der Waals surface area contributed by atoms with E-state index < -0.39 is 0 Å². The molecule has 0 atom stereocenters. The number of halogens is 1. The summed E-state index contributed by atoms with van der Waals surface area (Å²) in [7, 11) is 1.87. The van der Waals surface area contributed by atoms with E-state index in [2.05, 4.69) is 15.9 Å². The van der Waals surface area contributed by atoms with Crippen molar-refractivity contribution < 1.29 is 4.79 Å². The third-order valence-electron chi connectivity index (χ3n) is 2.21. The van der Waals surface area contributed by atoms with Gasteiger partial charge in [0.05, 0.1) is 4.88 Å². The van der Waals surface area contributed by atoms with Crippen molar-refractivity contribution in [2.24, 2.45) is 0 Å². The average molecular weight is 290 g/mol. The molecule has 0 spiro atoms. The van der Waals surface area contributed by atoms with Gasteiger partial charge < -0.3 is 4.90 Å². The Kier molecular flexibility index (Phi) is 5.95. The van der Waals surface area contributed by atoms with Crippen LogP contribution in [0.5, 0.6) is 0 Å². The van der Waals surface area contributed by atoms with Crippen molar-refractivity contribution in [2.75, 3.05) is 18.9 Å². The Morgan fingerprint density at radius 2 is 2.27 bits per heavy atom. The van der Waals surface area contributed by atoms with E-state index in [4.69, 9.17) is 0 Å². The molecule has 15 heavy (non-hydrogen) atoms. The number of nitrogens with zero attached hydrogens (tertiary/aromatic N) is 1. The van der Waals surface area contributed by atoms with E-state index in [9.17, 15) is 4.79 Å². The van der Waals surface area contributed by atoms with E-state index in [1.807, 2.05) is 24.6 Å². The predicted octanol–water partition coefficient (Wildman–Crippen LogP) is 3.39. The maximum absolute atomic E-state index is 11.8. The van der Waals surface area contributed by atoms with E-state index in [0.29, 0.717) is 0 Å². The molecule has 0 unspecified atom stereocenters. The molecule has 0 bridgehead atoms. The van der Waals surface area contributed by atoms with Gasteiger partial charge in [0.25, 0.3) is 5.91 Å². The smallest absolute Gasteiger partial charge is 0.263 e. The maximum Gasteiger partial charge on any atom is 0.263 e. The molecule has 2 nitrogen and oxygen atoms in total. The molecule has 0 aliphatic heterocycles. The molecule has 1 rings (SSSR count). The van der Waals surface area contributed by atoms with Crippen LogP contribution in [0.15, 0.2) is 17.5 Å². The number of hydrogen-bond donors (Lipinski definition) is 0. The number of alkyl halides is 1. The summed E-state index contributed by atoms with van der Waals surface area (Å²) in [4.78, 5) is 14.4. The van der Waals surface area contributed by atoms with Gasteiger partial charge in [-0.3, -0.25) is 4.79 Å². The number of rotatable bonds is 6. The first-order valence-electron chi connectivity index (χ1n) is 5.10.